The highest BCUT2D eigenvalue weighted by Gasteiger charge is 2.26. The fourth-order valence-electron chi connectivity index (χ4n) is 3.07. The average Bonchev–Trinajstić information content (AvgIpc) is 2.89. The number of nitrogens with zero attached hydrogens (tertiary/aromatic N) is 3. The van der Waals surface area contributed by atoms with Gasteiger partial charge >= 0.3 is 0 Å². The Balaban J connectivity index is 1.82. The van der Waals surface area contributed by atoms with Gasteiger partial charge in [0, 0.05) is 43.7 Å². The van der Waals surface area contributed by atoms with Crippen molar-refractivity contribution < 1.29 is 13.2 Å². The number of aromatic nitrogens is 2. The van der Waals surface area contributed by atoms with Crippen LogP contribution in [0.2, 0.25) is 0 Å². The second-order valence-electron chi connectivity index (χ2n) is 6.34. The molecular weight excluding hydrogens is 328 g/mol. The number of hydrogen-bond donors (Lipinski definition) is 1. The number of nitrogens with two attached hydrogens (primary N) is 1. The van der Waals surface area contributed by atoms with Crippen molar-refractivity contribution in [2.24, 2.45) is 11.1 Å². The van der Waals surface area contributed by atoms with Gasteiger partial charge in [-0.1, -0.05) is 12.1 Å². The van der Waals surface area contributed by atoms with E-state index in [0.29, 0.717) is 24.4 Å². The molecule has 0 saturated carbocycles. The van der Waals surface area contributed by atoms with Crippen molar-refractivity contribution in [2.75, 3.05) is 27.2 Å². The van der Waals surface area contributed by atoms with Gasteiger partial charge in [-0.2, -0.15) is 5.10 Å². The van der Waals surface area contributed by atoms with E-state index in [2.05, 4.69) is 17.0 Å². The van der Waals surface area contributed by atoms with Gasteiger partial charge in [0.25, 0.3) is 10.0 Å². The Kier molecular flexibility index (Phi) is 4.62. The van der Waals surface area contributed by atoms with Crippen molar-refractivity contribution in [2.45, 2.75) is 18.0 Å². The van der Waals surface area contributed by atoms with Gasteiger partial charge in [0.2, 0.25) is 0 Å². The summed E-state index contributed by atoms with van der Waals surface area (Å²) in [6, 6.07) is 7.51. The summed E-state index contributed by atoms with van der Waals surface area (Å²) in [5.41, 5.74) is 1.60. The first-order chi connectivity index (χ1) is 11.3. The van der Waals surface area contributed by atoms with Gasteiger partial charge in [-0.25, -0.2) is 13.6 Å². The summed E-state index contributed by atoms with van der Waals surface area (Å²) in [5.74, 6) is 1.26. The first-order valence-corrected chi connectivity index (χ1v) is 9.30. The Bertz CT molecular complexity index is 808. The maximum absolute atomic E-state index is 11.9. The molecule has 0 spiro atoms. The lowest BCUT2D eigenvalue weighted by molar-refractivity contribution is 0.115. The number of ether oxygens (including phenoxy) is 1. The first kappa shape index (κ1) is 16.9. The van der Waals surface area contributed by atoms with Crippen molar-refractivity contribution >= 4 is 10.0 Å². The smallest absolute Gasteiger partial charge is 0.257 e. The zero-order valence-electron chi connectivity index (χ0n) is 13.8. The lowest BCUT2D eigenvalue weighted by Gasteiger charge is -2.35. The van der Waals surface area contributed by atoms with Gasteiger partial charge in [0.15, 0.2) is 5.03 Å². The third-order valence-electron chi connectivity index (χ3n) is 4.21. The number of sulfonamides is 1. The molecule has 1 aliphatic heterocycles. The average molecular weight is 350 g/mol. The quantitative estimate of drug-likeness (QED) is 0.828. The van der Waals surface area contributed by atoms with E-state index in [1.54, 1.807) is 18.0 Å². The molecule has 1 fully saturated rings. The molecule has 0 unspecified atom stereocenters. The summed E-state index contributed by atoms with van der Waals surface area (Å²) < 4.78 is 30.5. The van der Waals surface area contributed by atoms with Gasteiger partial charge in [0.05, 0.1) is 7.11 Å². The summed E-state index contributed by atoms with van der Waals surface area (Å²) >= 11 is 0. The van der Waals surface area contributed by atoms with Crippen LogP contribution in [0.3, 0.4) is 0 Å². The van der Waals surface area contributed by atoms with Gasteiger partial charge < -0.3 is 9.64 Å². The van der Waals surface area contributed by atoms with E-state index in [-0.39, 0.29) is 5.03 Å². The second-order valence-corrected chi connectivity index (χ2v) is 7.82. The standard InChI is InChI=1S/C16H22N4O3S/c1-19-8-13(9-19)10-20-11-14(16(18-20)24(17,21)22)7-12-3-5-15(23-2)6-4-12/h3-6,11,13H,7-10H2,1-2H3,(H2,17,21,22). The Morgan fingerprint density at radius 2 is 1.96 bits per heavy atom. The third-order valence-corrected chi connectivity index (χ3v) is 5.09. The molecule has 24 heavy (non-hydrogen) atoms. The summed E-state index contributed by atoms with van der Waals surface area (Å²) in [5, 5.41) is 9.52. The van der Waals surface area contributed by atoms with Crippen molar-refractivity contribution in [1.82, 2.24) is 14.7 Å². The molecule has 130 valence electrons. The number of primary sulfonamides is 1. The van der Waals surface area contributed by atoms with Crippen LogP contribution in [-0.4, -0.2) is 50.3 Å². The predicted octanol–water partition coefficient (Wildman–Crippen LogP) is 0.692. The molecule has 0 radical (unpaired) electrons. The molecule has 2 heterocycles. The van der Waals surface area contributed by atoms with E-state index < -0.39 is 10.0 Å². The number of benzene rings is 1. The number of rotatable bonds is 6. The van der Waals surface area contributed by atoms with Crippen LogP contribution < -0.4 is 9.88 Å². The molecule has 2 N–H and O–H groups in total. The molecule has 0 amide bonds. The van der Waals surface area contributed by atoms with Gasteiger partial charge in [-0.15, -0.1) is 0 Å². The molecular formula is C16H22N4O3S. The van der Waals surface area contributed by atoms with E-state index in [0.717, 1.165) is 24.4 Å². The summed E-state index contributed by atoms with van der Waals surface area (Å²) in [7, 11) is -0.181. The number of hydrogen-bond acceptors (Lipinski definition) is 5. The molecule has 2 aromatic rings. The molecule has 1 aliphatic rings. The highest BCUT2D eigenvalue weighted by Crippen LogP contribution is 2.21. The molecule has 1 aromatic heterocycles. The minimum atomic E-state index is -3.85. The third kappa shape index (κ3) is 3.77. The Labute approximate surface area is 142 Å². The highest BCUT2D eigenvalue weighted by atomic mass is 32.2. The lowest BCUT2D eigenvalue weighted by Crippen LogP contribution is -2.45. The summed E-state index contributed by atoms with van der Waals surface area (Å²) in [6.07, 6.45) is 2.25. The predicted molar refractivity (Wildman–Crippen MR) is 90.4 cm³/mol. The normalized spacial score (nSPS) is 16.1. The van der Waals surface area contributed by atoms with Crippen LogP contribution in [0.5, 0.6) is 5.75 Å². The van der Waals surface area contributed by atoms with Crippen molar-refractivity contribution in [1.29, 1.82) is 0 Å². The van der Waals surface area contributed by atoms with E-state index in [1.807, 2.05) is 24.3 Å². The van der Waals surface area contributed by atoms with E-state index in [9.17, 15) is 8.42 Å². The van der Waals surface area contributed by atoms with Gasteiger partial charge in [-0.3, -0.25) is 4.68 Å². The molecule has 0 atom stereocenters. The Hall–Kier alpha value is -1.90. The number of likely N-dealkylation sites (tertiary alicyclic amines) is 1. The molecule has 0 bridgehead atoms. The van der Waals surface area contributed by atoms with Crippen LogP contribution in [0.25, 0.3) is 0 Å². The zero-order valence-corrected chi connectivity index (χ0v) is 14.7. The Morgan fingerprint density at radius 1 is 1.29 bits per heavy atom. The molecule has 0 aliphatic carbocycles. The fraction of sp³-hybridized carbons (Fsp3) is 0.438. The van der Waals surface area contributed by atoms with Crippen molar-refractivity contribution in [3.8, 4) is 5.75 Å². The van der Waals surface area contributed by atoms with E-state index in [1.165, 1.54) is 0 Å². The van der Waals surface area contributed by atoms with Gasteiger partial charge in [-0.05, 0) is 24.7 Å². The van der Waals surface area contributed by atoms with Crippen LogP contribution in [0, 0.1) is 5.92 Å². The molecule has 7 nitrogen and oxygen atoms in total. The van der Waals surface area contributed by atoms with Crippen LogP contribution in [0.15, 0.2) is 35.5 Å². The maximum atomic E-state index is 11.9. The molecule has 1 aromatic carbocycles. The topological polar surface area (TPSA) is 90.4 Å². The lowest BCUT2D eigenvalue weighted by atomic mass is 10.0. The minimum Gasteiger partial charge on any atom is -0.497 e. The minimum absolute atomic E-state index is 0.0361. The van der Waals surface area contributed by atoms with Crippen LogP contribution in [0.4, 0.5) is 0 Å². The molecule has 1 saturated heterocycles. The van der Waals surface area contributed by atoms with Crippen LogP contribution in [-0.2, 0) is 23.0 Å². The molecule has 8 heteroatoms. The maximum Gasteiger partial charge on any atom is 0.257 e. The van der Waals surface area contributed by atoms with Crippen LogP contribution in [0.1, 0.15) is 11.1 Å². The molecule has 3 rings (SSSR count). The number of methoxy groups -OCH3 is 1. The van der Waals surface area contributed by atoms with Gasteiger partial charge in [0.1, 0.15) is 5.75 Å². The summed E-state index contributed by atoms with van der Waals surface area (Å²) in [6.45, 7) is 2.70. The van der Waals surface area contributed by atoms with Crippen LogP contribution >= 0.6 is 0 Å². The van der Waals surface area contributed by atoms with Crippen molar-refractivity contribution in [3.05, 3.63) is 41.6 Å². The van der Waals surface area contributed by atoms with E-state index >= 15 is 0 Å². The fourth-order valence-corrected chi connectivity index (χ4v) is 3.78. The first-order valence-electron chi connectivity index (χ1n) is 7.76. The Morgan fingerprint density at radius 3 is 2.50 bits per heavy atom. The van der Waals surface area contributed by atoms with Crippen molar-refractivity contribution in [3.63, 3.8) is 0 Å². The zero-order chi connectivity index (χ0) is 17.3. The van der Waals surface area contributed by atoms with E-state index in [4.69, 9.17) is 9.88 Å². The summed E-state index contributed by atoms with van der Waals surface area (Å²) in [4.78, 5) is 2.22. The monoisotopic (exact) mass is 350 g/mol. The SMILES string of the molecule is COc1ccc(Cc2cn(CC3CN(C)C3)nc2S(N)(=O)=O)cc1. The second kappa shape index (κ2) is 6.54. The largest absolute Gasteiger partial charge is 0.497 e. The highest BCUT2D eigenvalue weighted by molar-refractivity contribution is 7.89.